The lowest BCUT2D eigenvalue weighted by Crippen LogP contribution is -2.39. The molecule has 0 aliphatic carbocycles. The Hall–Kier alpha value is -1.95. The second kappa shape index (κ2) is 4.73. The molecule has 2 rings (SSSR count). The first-order valence-electron chi connectivity index (χ1n) is 5.80. The van der Waals surface area contributed by atoms with Gasteiger partial charge in [-0.1, -0.05) is 12.1 Å². The average molecular weight is 247 g/mol. The van der Waals surface area contributed by atoms with Crippen molar-refractivity contribution in [2.75, 3.05) is 5.32 Å². The fraction of sp³-hybridized carbons (Fsp3) is 0.417. The topological polar surface area (TPSA) is 75.9 Å². The van der Waals surface area contributed by atoms with Gasteiger partial charge in [0, 0.05) is 0 Å². The average Bonchev–Trinajstić information content (AvgIpc) is 2.82. The van der Waals surface area contributed by atoms with Gasteiger partial charge in [0.1, 0.15) is 6.33 Å². The van der Waals surface area contributed by atoms with Crippen LogP contribution in [0.2, 0.25) is 0 Å². The van der Waals surface area contributed by atoms with E-state index < -0.39 is 5.60 Å². The van der Waals surface area contributed by atoms with Crippen LogP contribution in [0.5, 0.6) is 0 Å². The van der Waals surface area contributed by atoms with Gasteiger partial charge in [-0.3, -0.25) is 0 Å². The van der Waals surface area contributed by atoms with Crippen molar-refractivity contribution < 1.29 is 5.11 Å². The van der Waals surface area contributed by atoms with Crippen molar-refractivity contribution in [1.82, 2.24) is 20.2 Å². The van der Waals surface area contributed by atoms with E-state index in [9.17, 15) is 5.11 Å². The lowest BCUT2D eigenvalue weighted by molar-refractivity contribution is 0.0649. The molecule has 1 aromatic heterocycles. The molecule has 0 aliphatic heterocycles. The number of nitrogens with one attached hydrogen (secondary N) is 1. The summed E-state index contributed by atoms with van der Waals surface area (Å²) in [6.07, 6.45) is 1.54. The van der Waals surface area contributed by atoms with Crippen molar-refractivity contribution in [1.29, 1.82) is 0 Å². The summed E-state index contributed by atoms with van der Waals surface area (Å²) < 4.78 is 1.58. The summed E-state index contributed by atoms with van der Waals surface area (Å²) in [4.78, 5) is 0. The first kappa shape index (κ1) is 12.5. The van der Waals surface area contributed by atoms with Crippen LogP contribution in [-0.4, -0.2) is 37.0 Å². The molecule has 0 saturated carbocycles. The van der Waals surface area contributed by atoms with Crippen LogP contribution < -0.4 is 5.32 Å². The molecule has 0 bridgehead atoms. The van der Waals surface area contributed by atoms with Crippen molar-refractivity contribution in [3.63, 3.8) is 0 Å². The number of rotatable bonds is 4. The standard InChI is InChI=1S/C12H17N5O/c1-9(12(2,3)18)14-10-6-4-5-7-11(10)17-8-13-15-16-17/h4-9,14,18H,1-3H3. The van der Waals surface area contributed by atoms with Crippen LogP contribution in [0.3, 0.4) is 0 Å². The molecule has 1 unspecified atom stereocenters. The van der Waals surface area contributed by atoms with E-state index in [1.807, 2.05) is 31.2 Å². The van der Waals surface area contributed by atoms with E-state index in [0.717, 1.165) is 11.4 Å². The monoisotopic (exact) mass is 247 g/mol. The third-order valence-electron chi connectivity index (χ3n) is 2.93. The van der Waals surface area contributed by atoms with Crippen LogP contribution in [0.25, 0.3) is 5.69 Å². The van der Waals surface area contributed by atoms with Crippen LogP contribution in [-0.2, 0) is 0 Å². The van der Waals surface area contributed by atoms with E-state index in [2.05, 4.69) is 20.8 Å². The van der Waals surface area contributed by atoms with Crippen molar-refractivity contribution in [2.24, 2.45) is 0 Å². The maximum Gasteiger partial charge on any atom is 0.143 e. The fourth-order valence-electron chi connectivity index (χ4n) is 1.48. The third kappa shape index (κ3) is 2.65. The van der Waals surface area contributed by atoms with Gasteiger partial charge in [-0.15, -0.1) is 5.10 Å². The third-order valence-corrected chi connectivity index (χ3v) is 2.93. The molecule has 18 heavy (non-hydrogen) atoms. The zero-order valence-electron chi connectivity index (χ0n) is 10.7. The van der Waals surface area contributed by atoms with E-state index in [0.29, 0.717) is 0 Å². The molecule has 1 heterocycles. The second-order valence-corrected chi connectivity index (χ2v) is 4.79. The molecular weight excluding hydrogens is 230 g/mol. The van der Waals surface area contributed by atoms with E-state index in [1.54, 1.807) is 18.5 Å². The number of para-hydroxylation sites is 2. The lowest BCUT2D eigenvalue weighted by Gasteiger charge is -2.28. The van der Waals surface area contributed by atoms with Crippen molar-refractivity contribution >= 4 is 5.69 Å². The van der Waals surface area contributed by atoms with E-state index in [4.69, 9.17) is 0 Å². The highest BCUT2D eigenvalue weighted by Gasteiger charge is 2.22. The lowest BCUT2D eigenvalue weighted by atomic mass is 10.0. The predicted octanol–water partition coefficient (Wildman–Crippen LogP) is 1.23. The van der Waals surface area contributed by atoms with Crippen molar-refractivity contribution in [3.8, 4) is 5.69 Å². The zero-order chi connectivity index (χ0) is 13.2. The molecule has 0 amide bonds. The van der Waals surface area contributed by atoms with Crippen LogP contribution in [0.1, 0.15) is 20.8 Å². The van der Waals surface area contributed by atoms with Gasteiger partial charge in [0.15, 0.2) is 0 Å². The number of hydrogen-bond donors (Lipinski definition) is 2. The molecule has 1 atom stereocenters. The van der Waals surface area contributed by atoms with Gasteiger partial charge in [0.2, 0.25) is 0 Å². The molecule has 0 fully saturated rings. The van der Waals surface area contributed by atoms with Crippen LogP contribution in [0, 0.1) is 0 Å². The molecule has 0 radical (unpaired) electrons. The molecule has 1 aromatic carbocycles. The number of tetrazole rings is 1. The summed E-state index contributed by atoms with van der Waals surface area (Å²) in [5.41, 5.74) is 0.909. The number of nitrogens with zero attached hydrogens (tertiary/aromatic N) is 4. The Balaban J connectivity index is 2.29. The van der Waals surface area contributed by atoms with Gasteiger partial charge in [-0.2, -0.15) is 4.68 Å². The van der Waals surface area contributed by atoms with Gasteiger partial charge >= 0.3 is 0 Å². The zero-order valence-corrected chi connectivity index (χ0v) is 10.7. The van der Waals surface area contributed by atoms with Crippen LogP contribution in [0.4, 0.5) is 5.69 Å². The van der Waals surface area contributed by atoms with Gasteiger partial charge in [-0.25, -0.2) is 0 Å². The Morgan fingerprint density at radius 1 is 1.33 bits per heavy atom. The van der Waals surface area contributed by atoms with Gasteiger partial charge in [0.25, 0.3) is 0 Å². The summed E-state index contributed by atoms with van der Waals surface area (Å²) in [7, 11) is 0. The number of hydrogen-bond acceptors (Lipinski definition) is 5. The minimum absolute atomic E-state index is 0.102. The molecule has 0 aliphatic rings. The Morgan fingerprint density at radius 3 is 2.67 bits per heavy atom. The van der Waals surface area contributed by atoms with Crippen molar-refractivity contribution in [2.45, 2.75) is 32.4 Å². The Bertz CT molecular complexity index is 503. The minimum atomic E-state index is -0.812. The molecule has 0 saturated heterocycles. The summed E-state index contributed by atoms with van der Waals surface area (Å²) in [6.45, 7) is 5.46. The Labute approximate surface area is 106 Å². The molecule has 6 heteroatoms. The first-order valence-corrected chi connectivity index (χ1v) is 5.80. The number of anilines is 1. The van der Waals surface area contributed by atoms with Gasteiger partial charge in [0.05, 0.1) is 23.0 Å². The number of aliphatic hydroxyl groups is 1. The summed E-state index contributed by atoms with van der Waals surface area (Å²) in [6, 6.07) is 7.58. The summed E-state index contributed by atoms with van der Waals surface area (Å²) in [5, 5.41) is 24.3. The Kier molecular flexibility index (Phi) is 3.29. The summed E-state index contributed by atoms with van der Waals surface area (Å²) >= 11 is 0. The van der Waals surface area contributed by atoms with E-state index in [-0.39, 0.29) is 6.04 Å². The molecular formula is C12H17N5O. The minimum Gasteiger partial charge on any atom is -0.388 e. The Morgan fingerprint density at radius 2 is 2.06 bits per heavy atom. The van der Waals surface area contributed by atoms with E-state index in [1.165, 1.54) is 6.33 Å². The maximum absolute atomic E-state index is 9.96. The molecule has 6 nitrogen and oxygen atoms in total. The fourth-order valence-corrected chi connectivity index (χ4v) is 1.48. The predicted molar refractivity (Wildman–Crippen MR) is 68.5 cm³/mol. The molecule has 0 spiro atoms. The molecule has 96 valence electrons. The largest absolute Gasteiger partial charge is 0.388 e. The van der Waals surface area contributed by atoms with Crippen LogP contribution >= 0.6 is 0 Å². The quantitative estimate of drug-likeness (QED) is 0.850. The van der Waals surface area contributed by atoms with Gasteiger partial charge in [-0.05, 0) is 43.3 Å². The highest BCUT2D eigenvalue weighted by molar-refractivity contribution is 5.61. The molecule has 2 N–H and O–H groups in total. The van der Waals surface area contributed by atoms with Crippen molar-refractivity contribution in [3.05, 3.63) is 30.6 Å². The SMILES string of the molecule is CC(Nc1ccccc1-n1cnnn1)C(C)(C)O. The smallest absolute Gasteiger partial charge is 0.143 e. The second-order valence-electron chi connectivity index (χ2n) is 4.79. The highest BCUT2D eigenvalue weighted by atomic mass is 16.3. The number of benzene rings is 1. The normalized spacial score (nSPS) is 13.3. The summed E-state index contributed by atoms with van der Waals surface area (Å²) in [5.74, 6) is 0. The first-order chi connectivity index (χ1) is 8.48. The highest BCUT2D eigenvalue weighted by Crippen LogP contribution is 2.22. The van der Waals surface area contributed by atoms with E-state index >= 15 is 0 Å². The number of aromatic nitrogens is 4. The maximum atomic E-state index is 9.96. The van der Waals surface area contributed by atoms with Crippen LogP contribution in [0.15, 0.2) is 30.6 Å². The van der Waals surface area contributed by atoms with Gasteiger partial charge < -0.3 is 10.4 Å². The molecule has 2 aromatic rings.